The normalized spacial score (nSPS) is 12.4. The first kappa shape index (κ1) is 20.4. The summed E-state index contributed by atoms with van der Waals surface area (Å²) in [5.41, 5.74) is -0.881. The van der Waals surface area contributed by atoms with E-state index in [1.54, 1.807) is 0 Å². The van der Waals surface area contributed by atoms with Gasteiger partial charge in [0.25, 0.3) is 5.91 Å². The molecule has 3 aromatic rings. The summed E-state index contributed by atoms with van der Waals surface area (Å²) in [6, 6.07) is 11.1. The smallest absolute Gasteiger partial charge is 0.340 e. The highest BCUT2D eigenvalue weighted by molar-refractivity contribution is 5.94. The summed E-state index contributed by atoms with van der Waals surface area (Å²) in [5, 5.41) is 2.48. The third-order valence-electron chi connectivity index (χ3n) is 4.25. The van der Waals surface area contributed by atoms with E-state index in [0.29, 0.717) is 5.56 Å². The Morgan fingerprint density at radius 3 is 2.38 bits per heavy atom. The number of nitrogens with zero attached hydrogens (tertiary/aromatic N) is 1. The van der Waals surface area contributed by atoms with Gasteiger partial charge in [-0.25, -0.2) is 8.78 Å². The lowest BCUT2D eigenvalue weighted by Crippen LogP contribution is -2.31. The summed E-state index contributed by atoms with van der Waals surface area (Å²) in [4.78, 5) is 16.4. The van der Waals surface area contributed by atoms with Crippen LogP contribution >= 0.6 is 0 Å². The molecule has 1 heterocycles. The Hall–Kier alpha value is -3.29. The molecule has 0 aliphatic carbocycles. The van der Waals surface area contributed by atoms with Crippen molar-refractivity contribution >= 4 is 5.91 Å². The van der Waals surface area contributed by atoms with E-state index in [9.17, 15) is 26.7 Å². The summed E-state index contributed by atoms with van der Waals surface area (Å²) < 4.78 is 66.8. The molecule has 0 saturated heterocycles. The van der Waals surface area contributed by atoms with Gasteiger partial charge in [-0.15, -0.1) is 0 Å². The Morgan fingerprint density at radius 1 is 1.03 bits per heavy atom. The van der Waals surface area contributed by atoms with Crippen molar-refractivity contribution in [1.82, 2.24) is 10.3 Å². The average molecular weight is 406 g/mol. The summed E-state index contributed by atoms with van der Waals surface area (Å²) in [6.07, 6.45) is -3.52. The topological polar surface area (TPSA) is 42.0 Å². The number of carbonyl (C=O) groups is 1. The molecular weight excluding hydrogens is 391 g/mol. The summed E-state index contributed by atoms with van der Waals surface area (Å²) >= 11 is 0. The van der Waals surface area contributed by atoms with Gasteiger partial charge in [-0.2, -0.15) is 13.2 Å². The van der Waals surface area contributed by atoms with E-state index in [1.165, 1.54) is 42.6 Å². The molecule has 2 aromatic carbocycles. The van der Waals surface area contributed by atoms with Gasteiger partial charge in [-0.3, -0.25) is 9.78 Å². The van der Waals surface area contributed by atoms with Crippen molar-refractivity contribution in [1.29, 1.82) is 0 Å². The fraction of sp³-hybridized carbons (Fsp3) is 0.143. The molecule has 8 heteroatoms. The Morgan fingerprint density at radius 2 is 1.76 bits per heavy atom. The van der Waals surface area contributed by atoms with E-state index in [-0.39, 0.29) is 11.1 Å². The first-order valence-corrected chi connectivity index (χ1v) is 8.53. The molecule has 150 valence electrons. The third kappa shape index (κ3) is 4.77. The quantitative estimate of drug-likeness (QED) is 0.590. The van der Waals surface area contributed by atoms with Gasteiger partial charge in [-0.05, 0) is 41.5 Å². The monoisotopic (exact) mass is 406 g/mol. The minimum Gasteiger partial charge on any atom is -0.340 e. The van der Waals surface area contributed by atoms with Gasteiger partial charge >= 0.3 is 6.18 Å². The van der Waals surface area contributed by atoms with E-state index in [1.807, 2.05) is 0 Å². The number of amides is 1. The highest BCUT2D eigenvalue weighted by atomic mass is 19.4. The van der Waals surface area contributed by atoms with Crippen LogP contribution in [-0.4, -0.2) is 10.9 Å². The molecule has 0 unspecified atom stereocenters. The molecule has 1 N–H and O–H groups in total. The van der Waals surface area contributed by atoms with Gasteiger partial charge < -0.3 is 5.32 Å². The van der Waals surface area contributed by atoms with E-state index < -0.39 is 41.9 Å². The van der Waals surface area contributed by atoms with Crippen molar-refractivity contribution in [2.24, 2.45) is 0 Å². The van der Waals surface area contributed by atoms with Crippen molar-refractivity contribution in [2.45, 2.75) is 18.9 Å². The van der Waals surface area contributed by atoms with E-state index >= 15 is 0 Å². The minimum absolute atomic E-state index is 0.0557. The number of halogens is 5. The fourth-order valence-electron chi connectivity index (χ4n) is 2.84. The number of carbonyl (C=O) groups excluding carboxylic acids is 1. The van der Waals surface area contributed by atoms with Gasteiger partial charge in [0.15, 0.2) is 0 Å². The van der Waals surface area contributed by atoms with Crippen LogP contribution in [0, 0.1) is 5.82 Å². The Labute approximate surface area is 163 Å². The summed E-state index contributed by atoms with van der Waals surface area (Å²) in [6.45, 7) is -0.738. The van der Waals surface area contributed by atoms with E-state index in [2.05, 4.69) is 10.3 Å². The van der Waals surface area contributed by atoms with Crippen molar-refractivity contribution in [3.05, 3.63) is 101 Å². The van der Waals surface area contributed by atoms with Crippen LogP contribution in [0.4, 0.5) is 22.0 Å². The molecule has 29 heavy (non-hydrogen) atoms. The highest BCUT2D eigenvalue weighted by Gasteiger charge is 2.37. The zero-order chi connectivity index (χ0) is 21.0. The lowest BCUT2D eigenvalue weighted by atomic mass is 9.97. The maximum Gasteiger partial charge on any atom is 0.418 e. The molecule has 1 aromatic heterocycles. The van der Waals surface area contributed by atoms with Gasteiger partial charge in [0, 0.05) is 11.8 Å². The van der Waals surface area contributed by atoms with Crippen LogP contribution in [0.25, 0.3) is 0 Å². The second-order valence-electron chi connectivity index (χ2n) is 6.23. The Kier molecular flexibility index (Phi) is 5.91. The Bertz CT molecular complexity index is 1000. The van der Waals surface area contributed by atoms with Crippen LogP contribution in [0.5, 0.6) is 0 Å². The highest BCUT2D eigenvalue weighted by Crippen LogP contribution is 2.35. The van der Waals surface area contributed by atoms with Crippen LogP contribution < -0.4 is 5.32 Å². The molecular formula is C21H15F5N2O. The summed E-state index contributed by atoms with van der Waals surface area (Å²) in [7, 11) is 0. The first-order chi connectivity index (χ1) is 13.8. The van der Waals surface area contributed by atoms with Gasteiger partial charge in [0.1, 0.15) is 12.5 Å². The molecule has 0 aliphatic rings. The zero-order valence-electron chi connectivity index (χ0n) is 14.9. The second kappa shape index (κ2) is 8.38. The van der Waals surface area contributed by atoms with Crippen molar-refractivity contribution in [3.63, 3.8) is 0 Å². The second-order valence-corrected chi connectivity index (χ2v) is 6.23. The zero-order valence-corrected chi connectivity index (χ0v) is 14.9. The largest absolute Gasteiger partial charge is 0.418 e. The molecule has 0 fully saturated rings. The standard InChI is InChI=1S/C21H15F5N2O/c22-12-13-6-8-14(9-7-13)18(19-17(21(24,25)26)5-2-10-27-19)28-20(29)15-3-1-4-16(23)11-15/h1-11,18H,12H2,(H,28,29)/t18-/m0/s1. The van der Waals surface area contributed by atoms with Crippen LogP contribution in [0.2, 0.25) is 0 Å². The van der Waals surface area contributed by atoms with Gasteiger partial charge in [0.05, 0.1) is 17.3 Å². The van der Waals surface area contributed by atoms with Crippen molar-refractivity contribution < 1.29 is 26.7 Å². The molecule has 0 bridgehead atoms. The number of hydrogen-bond donors (Lipinski definition) is 1. The molecule has 3 nitrogen and oxygen atoms in total. The Balaban J connectivity index is 2.06. The first-order valence-electron chi connectivity index (χ1n) is 8.53. The van der Waals surface area contributed by atoms with Crippen molar-refractivity contribution in [3.8, 4) is 0 Å². The van der Waals surface area contributed by atoms with Gasteiger partial charge in [0.2, 0.25) is 0 Å². The third-order valence-corrected chi connectivity index (χ3v) is 4.25. The number of hydrogen-bond acceptors (Lipinski definition) is 2. The maximum atomic E-state index is 13.5. The van der Waals surface area contributed by atoms with E-state index in [0.717, 1.165) is 24.3 Å². The maximum absolute atomic E-state index is 13.5. The van der Waals surface area contributed by atoms with Crippen LogP contribution in [0.1, 0.15) is 38.8 Å². The lowest BCUT2D eigenvalue weighted by Gasteiger charge is -2.22. The van der Waals surface area contributed by atoms with E-state index in [4.69, 9.17) is 0 Å². The van der Waals surface area contributed by atoms with Gasteiger partial charge in [-0.1, -0.05) is 30.3 Å². The number of benzene rings is 2. The molecule has 1 amide bonds. The van der Waals surface area contributed by atoms with Crippen LogP contribution in [0.3, 0.4) is 0 Å². The van der Waals surface area contributed by atoms with Crippen molar-refractivity contribution in [2.75, 3.05) is 0 Å². The molecule has 0 radical (unpaired) electrons. The minimum atomic E-state index is -4.70. The predicted octanol–water partition coefficient (Wildman–Crippen LogP) is 5.23. The summed E-state index contributed by atoms with van der Waals surface area (Å²) in [5.74, 6) is -1.43. The predicted molar refractivity (Wildman–Crippen MR) is 96.2 cm³/mol. The fourth-order valence-corrected chi connectivity index (χ4v) is 2.84. The number of alkyl halides is 4. The molecule has 0 aliphatic heterocycles. The number of rotatable bonds is 5. The number of pyridine rings is 1. The van der Waals surface area contributed by atoms with Crippen LogP contribution in [-0.2, 0) is 12.9 Å². The molecule has 3 rings (SSSR count). The molecule has 0 saturated carbocycles. The number of aromatic nitrogens is 1. The lowest BCUT2D eigenvalue weighted by molar-refractivity contribution is -0.138. The molecule has 1 atom stereocenters. The molecule has 0 spiro atoms. The SMILES string of the molecule is O=C(N[C@@H](c1ccc(CF)cc1)c1ncccc1C(F)(F)F)c1cccc(F)c1. The average Bonchev–Trinajstić information content (AvgIpc) is 2.71. The number of nitrogens with one attached hydrogen (secondary N) is 1. The van der Waals surface area contributed by atoms with Crippen LogP contribution in [0.15, 0.2) is 66.9 Å².